The fourth-order valence-corrected chi connectivity index (χ4v) is 1.23. The van der Waals surface area contributed by atoms with Crippen molar-refractivity contribution in [2.45, 2.75) is 12.8 Å². The molecule has 4 nitrogen and oxygen atoms in total. The van der Waals surface area contributed by atoms with Crippen molar-refractivity contribution in [3.05, 3.63) is 30.1 Å². The van der Waals surface area contributed by atoms with Gasteiger partial charge in [-0.2, -0.15) is 0 Å². The lowest BCUT2D eigenvalue weighted by molar-refractivity contribution is -0.120. The average Bonchev–Trinajstić information content (AvgIpc) is 2.29. The number of rotatable bonds is 6. The van der Waals surface area contributed by atoms with Gasteiger partial charge in [0.05, 0.1) is 0 Å². The zero-order valence-corrected chi connectivity index (χ0v) is 8.99. The summed E-state index contributed by atoms with van der Waals surface area (Å²) in [5.41, 5.74) is 1.26. The summed E-state index contributed by atoms with van der Waals surface area (Å²) in [7, 11) is 1.65. The third-order valence-corrected chi connectivity index (χ3v) is 2.15. The molecule has 0 saturated carbocycles. The molecule has 1 rings (SSSR count). The number of hydrogen-bond acceptors (Lipinski definition) is 3. The van der Waals surface area contributed by atoms with Crippen LogP contribution in [0.5, 0.6) is 0 Å². The zero-order chi connectivity index (χ0) is 10.9. The van der Waals surface area contributed by atoms with Crippen molar-refractivity contribution in [1.29, 1.82) is 0 Å². The molecule has 0 fully saturated rings. The molecule has 15 heavy (non-hydrogen) atoms. The van der Waals surface area contributed by atoms with E-state index in [1.807, 2.05) is 12.1 Å². The normalized spacial score (nSPS) is 9.93. The Morgan fingerprint density at radius 3 is 2.73 bits per heavy atom. The van der Waals surface area contributed by atoms with Gasteiger partial charge in [0, 0.05) is 32.4 Å². The van der Waals surface area contributed by atoms with Gasteiger partial charge in [-0.25, -0.2) is 0 Å². The van der Waals surface area contributed by atoms with E-state index in [1.54, 1.807) is 19.4 Å². The SMILES string of the molecule is CNC(=O)CCNCCc1ccncc1. The molecule has 0 unspecified atom stereocenters. The summed E-state index contributed by atoms with van der Waals surface area (Å²) in [6.07, 6.45) is 5.09. The minimum Gasteiger partial charge on any atom is -0.359 e. The maximum absolute atomic E-state index is 10.9. The first-order valence-electron chi connectivity index (χ1n) is 5.13. The first-order valence-corrected chi connectivity index (χ1v) is 5.13. The minimum atomic E-state index is 0.0754. The highest BCUT2D eigenvalue weighted by atomic mass is 16.1. The molecule has 82 valence electrons. The van der Waals surface area contributed by atoms with Crippen LogP contribution in [0.2, 0.25) is 0 Å². The molecule has 1 heterocycles. The predicted octanol–water partition coefficient (Wildman–Crippen LogP) is 0.350. The van der Waals surface area contributed by atoms with Gasteiger partial charge >= 0.3 is 0 Å². The number of nitrogens with one attached hydrogen (secondary N) is 2. The second kappa shape index (κ2) is 6.95. The summed E-state index contributed by atoms with van der Waals surface area (Å²) in [6.45, 7) is 1.62. The first kappa shape index (κ1) is 11.7. The summed E-state index contributed by atoms with van der Waals surface area (Å²) in [6, 6.07) is 4.00. The Balaban J connectivity index is 2.05. The topological polar surface area (TPSA) is 54.0 Å². The standard InChI is InChI=1S/C11H17N3O/c1-12-11(15)5-9-14-8-4-10-2-6-13-7-3-10/h2-3,6-7,14H,4-5,8-9H2,1H3,(H,12,15). The second-order valence-electron chi connectivity index (χ2n) is 3.28. The molecular weight excluding hydrogens is 190 g/mol. The van der Waals surface area contributed by atoms with Crippen LogP contribution in [-0.4, -0.2) is 31.0 Å². The van der Waals surface area contributed by atoms with E-state index in [1.165, 1.54) is 5.56 Å². The Bertz CT molecular complexity index is 287. The van der Waals surface area contributed by atoms with Crippen molar-refractivity contribution < 1.29 is 4.79 Å². The van der Waals surface area contributed by atoms with Crippen LogP contribution in [0.1, 0.15) is 12.0 Å². The maximum Gasteiger partial charge on any atom is 0.221 e. The summed E-state index contributed by atoms with van der Waals surface area (Å²) in [5, 5.41) is 5.80. The lowest BCUT2D eigenvalue weighted by Crippen LogP contribution is -2.25. The Labute approximate surface area is 90.1 Å². The highest BCUT2D eigenvalue weighted by Crippen LogP contribution is 1.95. The van der Waals surface area contributed by atoms with E-state index in [2.05, 4.69) is 15.6 Å². The molecule has 1 aromatic heterocycles. The van der Waals surface area contributed by atoms with Gasteiger partial charge in [0.25, 0.3) is 0 Å². The van der Waals surface area contributed by atoms with Crippen LogP contribution in [-0.2, 0) is 11.2 Å². The van der Waals surface area contributed by atoms with Crippen LogP contribution in [0.15, 0.2) is 24.5 Å². The van der Waals surface area contributed by atoms with E-state index in [0.29, 0.717) is 6.42 Å². The van der Waals surface area contributed by atoms with Gasteiger partial charge in [0.1, 0.15) is 0 Å². The lowest BCUT2D eigenvalue weighted by atomic mass is 10.2. The van der Waals surface area contributed by atoms with Gasteiger partial charge < -0.3 is 10.6 Å². The molecule has 4 heteroatoms. The Hall–Kier alpha value is -1.42. The summed E-state index contributed by atoms with van der Waals surface area (Å²) < 4.78 is 0. The molecule has 0 atom stereocenters. The number of carbonyl (C=O) groups excluding carboxylic acids is 1. The average molecular weight is 207 g/mol. The smallest absolute Gasteiger partial charge is 0.221 e. The van der Waals surface area contributed by atoms with Crippen molar-refractivity contribution in [2.75, 3.05) is 20.1 Å². The van der Waals surface area contributed by atoms with Crippen molar-refractivity contribution in [3.8, 4) is 0 Å². The molecular formula is C11H17N3O. The van der Waals surface area contributed by atoms with Gasteiger partial charge in [0.15, 0.2) is 0 Å². The van der Waals surface area contributed by atoms with Gasteiger partial charge in [-0.1, -0.05) is 0 Å². The van der Waals surface area contributed by atoms with E-state index >= 15 is 0 Å². The second-order valence-corrected chi connectivity index (χ2v) is 3.28. The van der Waals surface area contributed by atoms with Crippen LogP contribution in [0, 0.1) is 0 Å². The lowest BCUT2D eigenvalue weighted by Gasteiger charge is -2.03. The van der Waals surface area contributed by atoms with Crippen molar-refractivity contribution in [2.24, 2.45) is 0 Å². The highest BCUT2D eigenvalue weighted by Gasteiger charge is 1.96. The first-order chi connectivity index (χ1) is 7.33. The van der Waals surface area contributed by atoms with Gasteiger partial charge in [0.2, 0.25) is 5.91 Å². The third-order valence-electron chi connectivity index (χ3n) is 2.15. The van der Waals surface area contributed by atoms with Gasteiger partial charge in [-0.15, -0.1) is 0 Å². The number of nitrogens with zero attached hydrogens (tertiary/aromatic N) is 1. The van der Waals surface area contributed by atoms with E-state index in [0.717, 1.165) is 19.5 Å². The summed E-state index contributed by atoms with van der Waals surface area (Å²) >= 11 is 0. The number of aromatic nitrogens is 1. The molecule has 0 radical (unpaired) electrons. The summed E-state index contributed by atoms with van der Waals surface area (Å²) in [4.78, 5) is 14.8. The van der Waals surface area contributed by atoms with E-state index in [4.69, 9.17) is 0 Å². The Morgan fingerprint density at radius 2 is 2.07 bits per heavy atom. The maximum atomic E-state index is 10.9. The summed E-state index contributed by atoms with van der Waals surface area (Å²) in [5.74, 6) is 0.0754. The molecule has 0 aliphatic rings. The molecule has 0 aliphatic heterocycles. The van der Waals surface area contributed by atoms with Crippen molar-refractivity contribution in [3.63, 3.8) is 0 Å². The van der Waals surface area contributed by atoms with Gasteiger partial charge in [-0.3, -0.25) is 9.78 Å². The minimum absolute atomic E-state index is 0.0754. The molecule has 0 spiro atoms. The van der Waals surface area contributed by atoms with Crippen molar-refractivity contribution in [1.82, 2.24) is 15.6 Å². The Morgan fingerprint density at radius 1 is 1.33 bits per heavy atom. The van der Waals surface area contributed by atoms with E-state index < -0.39 is 0 Å². The highest BCUT2D eigenvalue weighted by molar-refractivity contribution is 5.75. The number of pyridine rings is 1. The van der Waals surface area contributed by atoms with Crippen LogP contribution in [0.4, 0.5) is 0 Å². The molecule has 1 amide bonds. The predicted molar refractivity (Wildman–Crippen MR) is 59.5 cm³/mol. The molecule has 0 aromatic carbocycles. The monoisotopic (exact) mass is 207 g/mol. The van der Waals surface area contributed by atoms with Crippen LogP contribution < -0.4 is 10.6 Å². The zero-order valence-electron chi connectivity index (χ0n) is 8.99. The van der Waals surface area contributed by atoms with Crippen molar-refractivity contribution >= 4 is 5.91 Å². The molecule has 0 bridgehead atoms. The number of amides is 1. The van der Waals surface area contributed by atoms with Crippen LogP contribution in [0.25, 0.3) is 0 Å². The fourth-order valence-electron chi connectivity index (χ4n) is 1.23. The largest absolute Gasteiger partial charge is 0.359 e. The molecule has 1 aromatic rings. The van der Waals surface area contributed by atoms with E-state index in [-0.39, 0.29) is 5.91 Å². The quantitative estimate of drug-likeness (QED) is 0.662. The fraction of sp³-hybridized carbons (Fsp3) is 0.455. The number of carbonyl (C=O) groups is 1. The van der Waals surface area contributed by atoms with Crippen LogP contribution in [0.3, 0.4) is 0 Å². The molecule has 0 aliphatic carbocycles. The Kier molecular flexibility index (Phi) is 5.40. The van der Waals surface area contributed by atoms with Crippen LogP contribution >= 0.6 is 0 Å². The van der Waals surface area contributed by atoms with E-state index in [9.17, 15) is 4.79 Å². The molecule has 0 saturated heterocycles. The number of hydrogen-bond donors (Lipinski definition) is 2. The van der Waals surface area contributed by atoms with Gasteiger partial charge in [-0.05, 0) is 30.7 Å². The third kappa shape index (κ3) is 5.12. The molecule has 2 N–H and O–H groups in total.